The van der Waals surface area contributed by atoms with E-state index in [0.29, 0.717) is 24.9 Å². The third kappa shape index (κ3) is 4.91. The minimum atomic E-state index is -0.438. The molecular formula is C19H29FN2O2. The van der Waals surface area contributed by atoms with Gasteiger partial charge in [-0.2, -0.15) is 0 Å². The highest BCUT2D eigenvalue weighted by atomic mass is 19.1. The van der Waals surface area contributed by atoms with E-state index in [9.17, 15) is 9.50 Å². The Kier molecular flexibility index (Phi) is 6.46. The summed E-state index contributed by atoms with van der Waals surface area (Å²) in [6, 6.07) is 6.93. The summed E-state index contributed by atoms with van der Waals surface area (Å²) >= 11 is 0. The van der Waals surface area contributed by atoms with E-state index >= 15 is 0 Å². The second kappa shape index (κ2) is 8.79. The summed E-state index contributed by atoms with van der Waals surface area (Å²) < 4.78 is 19.7. The van der Waals surface area contributed by atoms with Gasteiger partial charge in [-0.25, -0.2) is 4.39 Å². The van der Waals surface area contributed by atoms with Gasteiger partial charge in [-0.1, -0.05) is 31.4 Å². The zero-order valence-corrected chi connectivity index (χ0v) is 14.4. The van der Waals surface area contributed by atoms with E-state index in [1.807, 2.05) is 12.1 Å². The highest BCUT2D eigenvalue weighted by Gasteiger charge is 2.22. The monoisotopic (exact) mass is 336 g/mol. The summed E-state index contributed by atoms with van der Waals surface area (Å²) in [5.41, 5.74) is 0.679. The van der Waals surface area contributed by atoms with Gasteiger partial charge in [0.1, 0.15) is 5.82 Å². The quantitative estimate of drug-likeness (QED) is 0.866. The molecule has 1 heterocycles. The molecule has 1 N–H and O–H groups in total. The van der Waals surface area contributed by atoms with Crippen molar-refractivity contribution >= 4 is 5.69 Å². The van der Waals surface area contributed by atoms with E-state index in [2.05, 4.69) is 9.80 Å². The Hall–Kier alpha value is -1.17. The zero-order valence-electron chi connectivity index (χ0n) is 14.4. The summed E-state index contributed by atoms with van der Waals surface area (Å²) in [5, 5.41) is 10.2. The fraction of sp³-hybridized carbons (Fsp3) is 0.684. The van der Waals surface area contributed by atoms with Gasteiger partial charge in [0.25, 0.3) is 0 Å². The molecule has 4 nitrogen and oxygen atoms in total. The van der Waals surface area contributed by atoms with Crippen LogP contribution in [0.15, 0.2) is 24.3 Å². The molecule has 1 unspecified atom stereocenters. The predicted molar refractivity (Wildman–Crippen MR) is 93.9 cm³/mol. The Bertz CT molecular complexity index is 500. The molecular weight excluding hydrogens is 307 g/mol. The van der Waals surface area contributed by atoms with Crippen LogP contribution in [-0.4, -0.2) is 61.5 Å². The molecule has 1 aliphatic carbocycles. The largest absolute Gasteiger partial charge is 0.389 e. The minimum Gasteiger partial charge on any atom is -0.389 e. The second-order valence-electron chi connectivity index (χ2n) is 6.99. The first-order chi connectivity index (χ1) is 11.7. The Morgan fingerprint density at radius 2 is 1.79 bits per heavy atom. The molecule has 0 bridgehead atoms. The molecule has 1 atom stereocenters. The van der Waals surface area contributed by atoms with Crippen molar-refractivity contribution in [2.24, 2.45) is 0 Å². The molecule has 24 heavy (non-hydrogen) atoms. The van der Waals surface area contributed by atoms with E-state index in [4.69, 9.17) is 4.74 Å². The van der Waals surface area contributed by atoms with Crippen LogP contribution in [0.2, 0.25) is 0 Å². The molecule has 1 saturated heterocycles. The molecule has 0 amide bonds. The summed E-state index contributed by atoms with van der Waals surface area (Å²) in [6.07, 6.45) is 5.98. The van der Waals surface area contributed by atoms with Crippen LogP contribution in [0, 0.1) is 5.82 Å². The molecule has 0 aromatic heterocycles. The molecule has 0 radical (unpaired) electrons. The lowest BCUT2D eigenvalue weighted by atomic mass is 9.98. The predicted octanol–water partition coefficient (Wildman–Crippen LogP) is 2.66. The molecule has 1 aliphatic heterocycles. The lowest BCUT2D eigenvalue weighted by Gasteiger charge is -2.37. The number of piperazine rings is 1. The number of ether oxygens (including phenoxy) is 1. The highest BCUT2D eigenvalue weighted by molar-refractivity contribution is 5.47. The molecule has 5 heteroatoms. The summed E-state index contributed by atoms with van der Waals surface area (Å²) in [5.74, 6) is -0.160. The number of β-amino-alcohol motifs (C(OH)–C–C–N with tert-alkyl or cyclic N) is 1. The topological polar surface area (TPSA) is 35.9 Å². The van der Waals surface area contributed by atoms with Crippen LogP contribution < -0.4 is 4.90 Å². The SMILES string of the molecule is OC(COC1CCCCC1)CN1CCN(c2ccccc2F)CC1. The van der Waals surface area contributed by atoms with Crippen molar-refractivity contribution in [3.8, 4) is 0 Å². The minimum absolute atomic E-state index is 0.160. The number of hydrogen-bond donors (Lipinski definition) is 1. The van der Waals surface area contributed by atoms with Crippen molar-refractivity contribution in [3.05, 3.63) is 30.1 Å². The van der Waals surface area contributed by atoms with Gasteiger partial charge in [0.15, 0.2) is 0 Å². The Morgan fingerprint density at radius 1 is 1.08 bits per heavy atom. The van der Waals surface area contributed by atoms with Gasteiger partial charge in [0.05, 0.1) is 24.5 Å². The number of nitrogens with zero attached hydrogens (tertiary/aromatic N) is 2. The third-order valence-electron chi connectivity index (χ3n) is 5.11. The fourth-order valence-electron chi connectivity index (χ4n) is 3.71. The van der Waals surface area contributed by atoms with E-state index in [-0.39, 0.29) is 5.82 Å². The Labute approximate surface area is 144 Å². The lowest BCUT2D eigenvalue weighted by Crippen LogP contribution is -2.49. The van der Waals surface area contributed by atoms with E-state index < -0.39 is 6.10 Å². The second-order valence-corrected chi connectivity index (χ2v) is 6.99. The normalized spacial score (nSPS) is 21.8. The number of aliphatic hydroxyl groups is 1. The van der Waals surface area contributed by atoms with Crippen LogP contribution in [0.4, 0.5) is 10.1 Å². The number of hydrogen-bond acceptors (Lipinski definition) is 4. The van der Waals surface area contributed by atoms with Gasteiger partial charge in [-0.15, -0.1) is 0 Å². The standard InChI is InChI=1S/C19H29FN2O2/c20-18-8-4-5-9-19(18)22-12-10-21(11-13-22)14-16(23)15-24-17-6-2-1-3-7-17/h4-5,8-9,16-17,23H,1-3,6-7,10-15H2. The number of anilines is 1. The van der Waals surface area contributed by atoms with Crippen LogP contribution in [0.25, 0.3) is 0 Å². The molecule has 0 spiro atoms. The molecule has 1 aromatic carbocycles. The summed E-state index contributed by atoms with van der Waals surface area (Å²) in [7, 11) is 0. The van der Waals surface area contributed by atoms with Gasteiger partial charge in [-0.3, -0.25) is 4.90 Å². The zero-order chi connectivity index (χ0) is 16.8. The van der Waals surface area contributed by atoms with Crippen LogP contribution in [0.3, 0.4) is 0 Å². The van der Waals surface area contributed by atoms with Crippen molar-refractivity contribution < 1.29 is 14.2 Å². The Morgan fingerprint density at radius 3 is 2.50 bits per heavy atom. The summed E-state index contributed by atoms with van der Waals surface area (Å²) in [4.78, 5) is 4.32. The van der Waals surface area contributed by atoms with Crippen molar-refractivity contribution in [1.29, 1.82) is 0 Å². The van der Waals surface area contributed by atoms with Gasteiger partial charge in [0, 0.05) is 32.7 Å². The van der Waals surface area contributed by atoms with Gasteiger partial charge in [0.2, 0.25) is 0 Å². The Balaban J connectivity index is 1.38. The first-order valence-electron chi connectivity index (χ1n) is 9.24. The maximum absolute atomic E-state index is 13.8. The van der Waals surface area contributed by atoms with Crippen molar-refractivity contribution in [2.75, 3.05) is 44.2 Å². The average molecular weight is 336 g/mol. The van der Waals surface area contributed by atoms with E-state index in [1.54, 1.807) is 6.07 Å². The van der Waals surface area contributed by atoms with Crippen molar-refractivity contribution in [3.63, 3.8) is 0 Å². The summed E-state index contributed by atoms with van der Waals surface area (Å²) in [6.45, 7) is 4.33. The van der Waals surface area contributed by atoms with Crippen LogP contribution in [0.5, 0.6) is 0 Å². The fourth-order valence-corrected chi connectivity index (χ4v) is 3.71. The maximum Gasteiger partial charge on any atom is 0.146 e. The van der Waals surface area contributed by atoms with Crippen LogP contribution in [-0.2, 0) is 4.74 Å². The molecule has 2 fully saturated rings. The molecule has 1 saturated carbocycles. The number of para-hydroxylation sites is 1. The first-order valence-corrected chi connectivity index (χ1v) is 9.24. The average Bonchev–Trinajstić information content (AvgIpc) is 2.62. The third-order valence-corrected chi connectivity index (χ3v) is 5.11. The molecule has 134 valence electrons. The van der Waals surface area contributed by atoms with Crippen LogP contribution in [0.1, 0.15) is 32.1 Å². The molecule has 2 aliphatic rings. The lowest BCUT2D eigenvalue weighted by molar-refractivity contribution is -0.0336. The molecule has 3 rings (SSSR count). The van der Waals surface area contributed by atoms with Gasteiger partial charge in [-0.05, 0) is 25.0 Å². The van der Waals surface area contributed by atoms with E-state index in [0.717, 1.165) is 39.0 Å². The number of benzene rings is 1. The van der Waals surface area contributed by atoms with Crippen molar-refractivity contribution in [1.82, 2.24) is 4.90 Å². The molecule has 1 aromatic rings. The van der Waals surface area contributed by atoms with Crippen molar-refractivity contribution in [2.45, 2.75) is 44.3 Å². The number of rotatable bonds is 6. The number of aliphatic hydroxyl groups excluding tert-OH is 1. The maximum atomic E-state index is 13.8. The smallest absolute Gasteiger partial charge is 0.146 e. The number of halogens is 1. The van der Waals surface area contributed by atoms with E-state index in [1.165, 1.54) is 25.3 Å². The van der Waals surface area contributed by atoms with Gasteiger partial charge >= 0.3 is 0 Å². The van der Waals surface area contributed by atoms with Gasteiger partial charge < -0.3 is 14.7 Å². The highest BCUT2D eigenvalue weighted by Crippen LogP contribution is 2.21. The van der Waals surface area contributed by atoms with Crippen LogP contribution >= 0.6 is 0 Å². The first kappa shape index (κ1) is 17.6.